The topological polar surface area (TPSA) is 113 Å². The van der Waals surface area contributed by atoms with E-state index in [2.05, 4.69) is 5.10 Å². The predicted molar refractivity (Wildman–Crippen MR) is 76.1 cm³/mol. The Hall–Kier alpha value is -2.55. The molecule has 0 aliphatic carbocycles. The van der Waals surface area contributed by atoms with Crippen molar-refractivity contribution in [3.05, 3.63) is 41.2 Å². The average molecular weight is 315 g/mol. The lowest BCUT2D eigenvalue weighted by molar-refractivity contribution is -0.140. The number of nitrogen functional groups attached to an aromatic ring is 1. The van der Waals surface area contributed by atoms with Gasteiger partial charge in [-0.2, -0.15) is 18.3 Å². The van der Waals surface area contributed by atoms with Gasteiger partial charge in [-0.25, -0.2) is 4.68 Å². The van der Waals surface area contributed by atoms with Gasteiger partial charge in [0.15, 0.2) is 11.4 Å². The minimum absolute atomic E-state index is 0. The lowest BCUT2D eigenvalue weighted by Crippen LogP contribution is -2.18. The lowest BCUT2D eigenvalue weighted by Gasteiger charge is -2.06. The van der Waals surface area contributed by atoms with Gasteiger partial charge in [0.05, 0.1) is 11.4 Å². The Bertz CT molecular complexity index is 676. The fourth-order valence-corrected chi connectivity index (χ4v) is 1.84. The van der Waals surface area contributed by atoms with Gasteiger partial charge in [-0.3, -0.25) is 4.79 Å². The van der Waals surface area contributed by atoms with Gasteiger partial charge < -0.3 is 17.2 Å². The zero-order chi connectivity index (χ0) is 15.8. The van der Waals surface area contributed by atoms with Gasteiger partial charge in [-0.1, -0.05) is 19.6 Å². The van der Waals surface area contributed by atoms with Crippen LogP contribution in [0.4, 0.5) is 18.9 Å². The molecule has 0 radical (unpaired) electrons. The van der Waals surface area contributed by atoms with E-state index in [-0.39, 0.29) is 19.7 Å². The highest BCUT2D eigenvalue weighted by Crippen LogP contribution is 2.35. The number of hydrogen-bond donors (Lipinski definition) is 3. The molecule has 0 bridgehead atoms. The maximum atomic E-state index is 12.8. The SMILES string of the molecule is C.NCc1ccc(-n2nc(C(F)(F)F)c(N)c2C(N)=O)cc1. The third kappa shape index (κ3) is 3.03. The summed E-state index contributed by atoms with van der Waals surface area (Å²) in [6, 6.07) is 6.15. The summed E-state index contributed by atoms with van der Waals surface area (Å²) < 4.78 is 39.2. The smallest absolute Gasteiger partial charge is 0.395 e. The molecule has 1 amide bonds. The van der Waals surface area contributed by atoms with E-state index in [1.807, 2.05) is 0 Å². The molecule has 0 unspecified atom stereocenters. The van der Waals surface area contributed by atoms with Crippen LogP contribution in [-0.2, 0) is 12.7 Å². The van der Waals surface area contributed by atoms with Crippen LogP contribution >= 0.6 is 0 Å². The molecule has 2 rings (SSSR count). The molecular formula is C13H16F3N5O. The number of rotatable bonds is 3. The molecule has 9 heteroatoms. The van der Waals surface area contributed by atoms with Gasteiger partial charge in [0.25, 0.3) is 5.91 Å². The number of alkyl halides is 3. The third-order valence-electron chi connectivity index (χ3n) is 2.84. The van der Waals surface area contributed by atoms with Crippen LogP contribution in [0.1, 0.15) is 29.2 Å². The Kier molecular flexibility index (Phi) is 4.82. The van der Waals surface area contributed by atoms with Crippen molar-refractivity contribution in [1.82, 2.24) is 9.78 Å². The van der Waals surface area contributed by atoms with Crippen LogP contribution in [0, 0.1) is 0 Å². The summed E-state index contributed by atoms with van der Waals surface area (Å²) in [5.74, 6) is -1.10. The van der Waals surface area contributed by atoms with Crippen LogP contribution < -0.4 is 17.2 Å². The van der Waals surface area contributed by atoms with Crippen LogP contribution in [0.2, 0.25) is 0 Å². The number of nitrogens with two attached hydrogens (primary N) is 3. The first kappa shape index (κ1) is 17.5. The summed E-state index contributed by atoms with van der Waals surface area (Å²) in [4.78, 5) is 11.4. The summed E-state index contributed by atoms with van der Waals surface area (Å²) in [7, 11) is 0. The quantitative estimate of drug-likeness (QED) is 0.799. The Morgan fingerprint density at radius 1 is 1.23 bits per heavy atom. The number of anilines is 1. The van der Waals surface area contributed by atoms with Crippen LogP contribution in [0.5, 0.6) is 0 Å². The molecule has 0 fully saturated rings. The van der Waals surface area contributed by atoms with Gasteiger partial charge in [0.1, 0.15) is 0 Å². The molecule has 22 heavy (non-hydrogen) atoms. The van der Waals surface area contributed by atoms with E-state index in [1.165, 1.54) is 12.1 Å². The highest BCUT2D eigenvalue weighted by Gasteiger charge is 2.39. The molecule has 6 N–H and O–H groups in total. The third-order valence-corrected chi connectivity index (χ3v) is 2.84. The van der Waals surface area contributed by atoms with E-state index in [0.717, 1.165) is 10.2 Å². The molecule has 2 aromatic rings. The van der Waals surface area contributed by atoms with Crippen LogP contribution in [0.3, 0.4) is 0 Å². The maximum Gasteiger partial charge on any atom is 0.437 e. The zero-order valence-electron chi connectivity index (χ0n) is 10.7. The van der Waals surface area contributed by atoms with Crippen molar-refractivity contribution in [2.75, 3.05) is 5.73 Å². The molecular weight excluding hydrogens is 299 g/mol. The molecule has 0 saturated heterocycles. The molecule has 0 atom stereocenters. The summed E-state index contributed by atoms with van der Waals surface area (Å²) in [6.45, 7) is 0.276. The van der Waals surface area contributed by atoms with Crippen LogP contribution in [0.15, 0.2) is 24.3 Å². The van der Waals surface area contributed by atoms with Gasteiger partial charge in [-0.05, 0) is 17.7 Å². The Balaban J connectivity index is 0.00000242. The van der Waals surface area contributed by atoms with Crippen molar-refractivity contribution in [2.24, 2.45) is 11.5 Å². The van der Waals surface area contributed by atoms with E-state index < -0.39 is 29.2 Å². The number of amides is 1. The van der Waals surface area contributed by atoms with Crippen molar-refractivity contribution < 1.29 is 18.0 Å². The molecule has 1 aromatic carbocycles. The second-order valence-corrected chi connectivity index (χ2v) is 4.26. The molecule has 1 aromatic heterocycles. The molecule has 1 heterocycles. The largest absolute Gasteiger partial charge is 0.437 e. The fourth-order valence-electron chi connectivity index (χ4n) is 1.84. The normalized spacial score (nSPS) is 11.1. The van der Waals surface area contributed by atoms with Gasteiger partial charge in [-0.15, -0.1) is 0 Å². The number of benzene rings is 1. The summed E-state index contributed by atoms with van der Waals surface area (Å²) >= 11 is 0. The summed E-state index contributed by atoms with van der Waals surface area (Å²) in [5, 5.41) is 3.36. The van der Waals surface area contributed by atoms with E-state index in [9.17, 15) is 18.0 Å². The monoisotopic (exact) mass is 315 g/mol. The number of hydrogen-bond acceptors (Lipinski definition) is 4. The first-order valence-electron chi connectivity index (χ1n) is 5.80. The molecule has 120 valence electrons. The average Bonchev–Trinajstić information content (AvgIpc) is 2.76. The first-order chi connectivity index (χ1) is 9.75. The summed E-state index contributed by atoms with van der Waals surface area (Å²) in [6.07, 6.45) is -4.78. The highest BCUT2D eigenvalue weighted by atomic mass is 19.4. The summed E-state index contributed by atoms with van der Waals surface area (Å²) in [5.41, 5.74) is 14.2. The second kappa shape index (κ2) is 6.06. The molecule has 0 saturated carbocycles. The van der Waals surface area contributed by atoms with Crippen molar-refractivity contribution in [3.8, 4) is 5.69 Å². The molecule has 6 nitrogen and oxygen atoms in total. The number of nitrogens with zero attached hydrogens (tertiary/aromatic N) is 2. The Morgan fingerprint density at radius 2 is 1.77 bits per heavy atom. The van der Waals surface area contributed by atoms with Gasteiger partial charge in [0.2, 0.25) is 0 Å². The second-order valence-electron chi connectivity index (χ2n) is 4.26. The van der Waals surface area contributed by atoms with E-state index in [0.29, 0.717) is 0 Å². The zero-order valence-corrected chi connectivity index (χ0v) is 10.7. The molecule has 0 spiro atoms. The van der Waals surface area contributed by atoms with Crippen molar-refractivity contribution >= 4 is 11.6 Å². The fraction of sp³-hybridized carbons (Fsp3) is 0.231. The van der Waals surface area contributed by atoms with Crippen molar-refractivity contribution in [3.63, 3.8) is 0 Å². The number of halogens is 3. The highest BCUT2D eigenvalue weighted by molar-refractivity contribution is 5.97. The Labute approximate surface area is 124 Å². The van der Waals surface area contributed by atoms with E-state index in [1.54, 1.807) is 12.1 Å². The lowest BCUT2D eigenvalue weighted by atomic mass is 10.2. The van der Waals surface area contributed by atoms with E-state index in [4.69, 9.17) is 17.2 Å². The van der Waals surface area contributed by atoms with E-state index >= 15 is 0 Å². The first-order valence-corrected chi connectivity index (χ1v) is 5.80. The minimum Gasteiger partial charge on any atom is -0.395 e. The number of carbonyl (C=O) groups excluding carboxylic acids is 1. The number of carbonyl (C=O) groups is 1. The maximum absolute atomic E-state index is 12.8. The number of aromatic nitrogens is 2. The Morgan fingerprint density at radius 3 is 2.18 bits per heavy atom. The van der Waals surface area contributed by atoms with Crippen molar-refractivity contribution in [2.45, 2.75) is 20.1 Å². The standard InChI is InChI=1S/C12H12F3N5O.CH4/c13-12(14,15)10-8(17)9(11(18)21)20(19-10)7-3-1-6(5-16)2-4-7;/h1-4H,5,16-17H2,(H2,18,21);1H4. The van der Waals surface area contributed by atoms with Crippen LogP contribution in [0.25, 0.3) is 5.69 Å². The molecule has 0 aliphatic rings. The minimum atomic E-state index is -4.78. The van der Waals surface area contributed by atoms with Gasteiger partial charge in [0, 0.05) is 6.54 Å². The van der Waals surface area contributed by atoms with Gasteiger partial charge >= 0.3 is 6.18 Å². The molecule has 0 aliphatic heterocycles. The van der Waals surface area contributed by atoms with Crippen LogP contribution in [-0.4, -0.2) is 15.7 Å². The number of primary amides is 1. The predicted octanol–water partition coefficient (Wildman–Crippen LogP) is 1.67. The van der Waals surface area contributed by atoms with Crippen molar-refractivity contribution in [1.29, 1.82) is 0 Å².